The largest absolute Gasteiger partial charge is 0.488 e. The second-order valence-electron chi connectivity index (χ2n) is 4.10. The van der Waals surface area contributed by atoms with Gasteiger partial charge in [0.15, 0.2) is 0 Å². The van der Waals surface area contributed by atoms with Crippen molar-refractivity contribution in [2.24, 2.45) is 0 Å². The summed E-state index contributed by atoms with van der Waals surface area (Å²) in [7, 11) is 0. The van der Waals surface area contributed by atoms with Crippen LogP contribution in [-0.4, -0.2) is 24.2 Å². The first kappa shape index (κ1) is 8.80. The first-order valence-corrected chi connectivity index (χ1v) is 5.28. The van der Waals surface area contributed by atoms with Crippen LogP contribution in [0.1, 0.15) is 5.69 Å². The lowest BCUT2D eigenvalue weighted by Gasteiger charge is -2.27. The molecule has 3 heteroatoms. The molecule has 3 nitrogen and oxygen atoms in total. The predicted molar refractivity (Wildman–Crippen MR) is 60.3 cm³/mol. The molecule has 1 aliphatic rings. The summed E-state index contributed by atoms with van der Waals surface area (Å²) >= 11 is 0. The topological polar surface area (TPSA) is 37.0 Å². The number of fused-ring (bicyclic) bond motifs is 1. The van der Waals surface area contributed by atoms with E-state index in [0.29, 0.717) is 6.10 Å². The Kier molecular flexibility index (Phi) is 1.92. The molecule has 0 saturated carbocycles. The van der Waals surface area contributed by atoms with Gasteiger partial charge in [-0.3, -0.25) is 0 Å². The molecule has 1 saturated heterocycles. The van der Waals surface area contributed by atoms with Crippen molar-refractivity contribution in [3.05, 3.63) is 30.0 Å². The van der Waals surface area contributed by atoms with Gasteiger partial charge in [-0.25, -0.2) is 0 Å². The number of rotatable bonds is 2. The second-order valence-corrected chi connectivity index (χ2v) is 4.10. The van der Waals surface area contributed by atoms with E-state index in [9.17, 15) is 0 Å². The van der Waals surface area contributed by atoms with Crippen LogP contribution in [0.2, 0.25) is 0 Å². The van der Waals surface area contributed by atoms with Crippen LogP contribution in [0.5, 0.6) is 5.75 Å². The molecule has 2 N–H and O–H groups in total. The number of hydrogen-bond acceptors (Lipinski definition) is 2. The first-order valence-electron chi connectivity index (χ1n) is 5.28. The molecule has 0 amide bonds. The number of ether oxygens (including phenoxy) is 1. The van der Waals surface area contributed by atoms with E-state index in [1.165, 1.54) is 11.1 Å². The Morgan fingerprint density at radius 3 is 2.87 bits per heavy atom. The van der Waals surface area contributed by atoms with E-state index >= 15 is 0 Å². The Hall–Kier alpha value is -1.48. The van der Waals surface area contributed by atoms with Crippen molar-refractivity contribution in [3.8, 4) is 5.75 Å². The van der Waals surface area contributed by atoms with Crippen LogP contribution in [0.4, 0.5) is 0 Å². The fourth-order valence-electron chi connectivity index (χ4n) is 1.86. The van der Waals surface area contributed by atoms with E-state index in [1.807, 2.05) is 6.07 Å². The van der Waals surface area contributed by atoms with E-state index in [-0.39, 0.29) is 0 Å². The molecule has 0 spiro atoms. The Labute approximate surface area is 88.4 Å². The standard InChI is InChI=1S/C12H14N2O/c1-8-4-9-2-3-10(5-12(9)14-8)15-11-6-13-7-11/h2-5,11,13-14H,6-7H2,1H3. The highest BCUT2D eigenvalue weighted by Crippen LogP contribution is 2.22. The third-order valence-electron chi connectivity index (χ3n) is 2.78. The minimum atomic E-state index is 0.346. The number of H-pyrrole nitrogens is 1. The van der Waals surface area contributed by atoms with Crippen LogP contribution < -0.4 is 10.1 Å². The minimum Gasteiger partial charge on any atom is -0.488 e. The Morgan fingerprint density at radius 1 is 1.27 bits per heavy atom. The summed E-state index contributed by atoms with van der Waals surface area (Å²) in [6.07, 6.45) is 0.346. The molecular formula is C12H14N2O. The van der Waals surface area contributed by atoms with Gasteiger partial charge in [0.2, 0.25) is 0 Å². The first-order chi connectivity index (χ1) is 7.31. The SMILES string of the molecule is Cc1cc2ccc(OC3CNC3)cc2[nH]1. The molecule has 0 radical (unpaired) electrons. The van der Waals surface area contributed by atoms with Crippen molar-refractivity contribution in [3.63, 3.8) is 0 Å². The fourth-order valence-corrected chi connectivity index (χ4v) is 1.86. The van der Waals surface area contributed by atoms with Gasteiger partial charge in [-0.2, -0.15) is 0 Å². The van der Waals surface area contributed by atoms with Crippen LogP contribution in [0.25, 0.3) is 10.9 Å². The molecule has 0 aliphatic carbocycles. The van der Waals surface area contributed by atoms with Gasteiger partial charge in [-0.1, -0.05) is 0 Å². The van der Waals surface area contributed by atoms with Crippen molar-refractivity contribution in [2.75, 3.05) is 13.1 Å². The highest BCUT2D eigenvalue weighted by atomic mass is 16.5. The number of aryl methyl sites for hydroxylation is 1. The number of benzene rings is 1. The number of aromatic amines is 1. The lowest BCUT2D eigenvalue weighted by atomic mass is 10.2. The third-order valence-corrected chi connectivity index (χ3v) is 2.78. The Bertz CT molecular complexity index is 485. The molecule has 2 aromatic rings. The zero-order valence-electron chi connectivity index (χ0n) is 8.71. The van der Waals surface area contributed by atoms with Gasteiger partial charge in [0.1, 0.15) is 11.9 Å². The molecule has 78 valence electrons. The summed E-state index contributed by atoms with van der Waals surface area (Å²) in [4.78, 5) is 3.31. The fraction of sp³-hybridized carbons (Fsp3) is 0.333. The van der Waals surface area contributed by atoms with Gasteiger partial charge >= 0.3 is 0 Å². The molecule has 0 unspecified atom stereocenters. The van der Waals surface area contributed by atoms with Gasteiger partial charge < -0.3 is 15.0 Å². The molecular weight excluding hydrogens is 188 g/mol. The molecule has 1 aromatic heterocycles. The van der Waals surface area contributed by atoms with Gasteiger partial charge in [0.05, 0.1) is 0 Å². The molecule has 1 aliphatic heterocycles. The Morgan fingerprint density at radius 2 is 2.13 bits per heavy atom. The number of nitrogens with one attached hydrogen (secondary N) is 2. The highest BCUT2D eigenvalue weighted by molar-refractivity contribution is 5.81. The van der Waals surface area contributed by atoms with Gasteiger partial charge in [0, 0.05) is 30.4 Å². The van der Waals surface area contributed by atoms with Crippen molar-refractivity contribution in [1.29, 1.82) is 0 Å². The van der Waals surface area contributed by atoms with Crippen molar-refractivity contribution in [2.45, 2.75) is 13.0 Å². The van der Waals surface area contributed by atoms with Crippen LogP contribution in [-0.2, 0) is 0 Å². The summed E-state index contributed by atoms with van der Waals surface area (Å²) in [5, 5.41) is 4.43. The maximum absolute atomic E-state index is 5.79. The summed E-state index contributed by atoms with van der Waals surface area (Å²) in [6.45, 7) is 3.99. The maximum Gasteiger partial charge on any atom is 0.123 e. The van der Waals surface area contributed by atoms with Crippen molar-refractivity contribution in [1.82, 2.24) is 10.3 Å². The van der Waals surface area contributed by atoms with E-state index in [1.54, 1.807) is 0 Å². The zero-order valence-corrected chi connectivity index (χ0v) is 8.71. The molecule has 1 aromatic carbocycles. The van der Waals surface area contributed by atoms with Crippen molar-refractivity contribution >= 4 is 10.9 Å². The second kappa shape index (κ2) is 3.28. The molecule has 15 heavy (non-hydrogen) atoms. The van der Waals surface area contributed by atoms with Crippen molar-refractivity contribution < 1.29 is 4.74 Å². The smallest absolute Gasteiger partial charge is 0.123 e. The molecule has 3 rings (SSSR count). The van der Waals surface area contributed by atoms with Crippen LogP contribution >= 0.6 is 0 Å². The highest BCUT2D eigenvalue weighted by Gasteiger charge is 2.18. The quantitative estimate of drug-likeness (QED) is 0.779. The number of aromatic nitrogens is 1. The minimum absolute atomic E-state index is 0.346. The third kappa shape index (κ3) is 1.59. The molecule has 1 fully saturated rings. The van der Waals surface area contributed by atoms with E-state index < -0.39 is 0 Å². The monoisotopic (exact) mass is 202 g/mol. The molecule has 0 atom stereocenters. The average molecular weight is 202 g/mol. The summed E-state index contributed by atoms with van der Waals surface area (Å²) < 4.78 is 5.79. The van der Waals surface area contributed by atoms with Crippen LogP contribution in [0.15, 0.2) is 24.3 Å². The molecule has 0 bridgehead atoms. The zero-order chi connectivity index (χ0) is 10.3. The summed E-state index contributed by atoms with van der Waals surface area (Å²) in [5.74, 6) is 0.954. The van der Waals surface area contributed by atoms with Gasteiger partial charge in [0.25, 0.3) is 0 Å². The summed E-state index contributed by atoms with van der Waals surface area (Å²) in [6, 6.07) is 8.35. The lowest BCUT2D eigenvalue weighted by molar-refractivity contribution is 0.142. The van der Waals surface area contributed by atoms with E-state index in [2.05, 4.69) is 35.4 Å². The van der Waals surface area contributed by atoms with Gasteiger partial charge in [-0.15, -0.1) is 0 Å². The van der Waals surface area contributed by atoms with E-state index in [4.69, 9.17) is 4.74 Å². The van der Waals surface area contributed by atoms with E-state index in [0.717, 1.165) is 24.4 Å². The summed E-state index contributed by atoms with van der Waals surface area (Å²) in [5.41, 5.74) is 2.34. The maximum atomic E-state index is 5.79. The normalized spacial score (nSPS) is 16.6. The number of hydrogen-bond donors (Lipinski definition) is 2. The molecule has 2 heterocycles. The van der Waals surface area contributed by atoms with Crippen LogP contribution in [0.3, 0.4) is 0 Å². The predicted octanol–water partition coefficient (Wildman–Crippen LogP) is 1.83. The van der Waals surface area contributed by atoms with Gasteiger partial charge in [-0.05, 0) is 30.5 Å². The van der Waals surface area contributed by atoms with Crippen LogP contribution in [0, 0.1) is 6.92 Å². The Balaban J connectivity index is 1.90. The average Bonchev–Trinajstić information content (AvgIpc) is 2.50. The lowest BCUT2D eigenvalue weighted by Crippen LogP contribution is -2.50.